The first-order valence-corrected chi connectivity index (χ1v) is 11.3. The lowest BCUT2D eigenvalue weighted by Crippen LogP contribution is -2.54. The topological polar surface area (TPSA) is 88.0 Å². The summed E-state index contributed by atoms with van der Waals surface area (Å²) in [5.74, 6) is 0.443. The van der Waals surface area contributed by atoms with Crippen molar-refractivity contribution in [3.05, 3.63) is 36.8 Å². The van der Waals surface area contributed by atoms with Crippen molar-refractivity contribution < 1.29 is 13.6 Å². The molecule has 33 heavy (non-hydrogen) atoms. The predicted molar refractivity (Wildman–Crippen MR) is 121 cm³/mol. The Morgan fingerprint density at radius 1 is 1.18 bits per heavy atom. The lowest BCUT2D eigenvalue weighted by atomic mass is 9.97. The van der Waals surface area contributed by atoms with Gasteiger partial charge in [0.1, 0.15) is 19.2 Å². The highest BCUT2D eigenvalue weighted by Gasteiger charge is 2.43. The largest absolute Gasteiger partial charge is 0.323 e. The molecule has 3 atom stereocenters. The van der Waals surface area contributed by atoms with Crippen LogP contribution in [0.15, 0.2) is 36.8 Å². The Balaban J connectivity index is 1.29. The second-order valence-electron chi connectivity index (χ2n) is 8.92. The number of urea groups is 1. The number of halogens is 2. The van der Waals surface area contributed by atoms with E-state index in [9.17, 15) is 13.6 Å². The molecule has 174 valence electrons. The van der Waals surface area contributed by atoms with Gasteiger partial charge in [0.15, 0.2) is 0 Å². The van der Waals surface area contributed by atoms with Crippen molar-refractivity contribution >= 4 is 22.8 Å². The van der Waals surface area contributed by atoms with Crippen molar-refractivity contribution in [1.82, 2.24) is 30.0 Å². The third kappa shape index (κ3) is 4.39. The maximum Gasteiger partial charge on any atom is 0.323 e. The number of nitrogens with one attached hydrogen (secondary N) is 2. The van der Waals surface area contributed by atoms with E-state index in [1.54, 1.807) is 23.1 Å². The van der Waals surface area contributed by atoms with Gasteiger partial charge in [-0.2, -0.15) is 5.10 Å². The molecule has 5 heterocycles. The first-order valence-electron chi connectivity index (χ1n) is 11.3. The van der Waals surface area contributed by atoms with Gasteiger partial charge in [-0.05, 0) is 37.8 Å². The van der Waals surface area contributed by atoms with Crippen LogP contribution >= 0.6 is 0 Å². The van der Waals surface area contributed by atoms with Crippen molar-refractivity contribution in [2.45, 2.75) is 49.9 Å². The zero-order valence-corrected chi connectivity index (χ0v) is 18.4. The zero-order chi connectivity index (χ0) is 22.9. The third-order valence-corrected chi connectivity index (χ3v) is 6.62. The first-order chi connectivity index (χ1) is 16.0. The maximum atomic E-state index is 13.1. The summed E-state index contributed by atoms with van der Waals surface area (Å²) in [7, 11) is 1.86. The van der Waals surface area contributed by atoms with Gasteiger partial charge in [-0.25, -0.2) is 23.5 Å². The van der Waals surface area contributed by atoms with Crippen molar-refractivity contribution in [3.8, 4) is 11.3 Å². The first kappa shape index (κ1) is 21.7. The van der Waals surface area contributed by atoms with Crippen LogP contribution in [0, 0.1) is 0 Å². The van der Waals surface area contributed by atoms with Crippen molar-refractivity contribution in [2.75, 3.05) is 18.7 Å². The lowest BCUT2D eigenvalue weighted by molar-refractivity contribution is 0.133. The zero-order valence-electron chi connectivity index (χ0n) is 18.4. The van der Waals surface area contributed by atoms with Gasteiger partial charge in [0, 0.05) is 54.6 Å². The highest BCUT2D eigenvalue weighted by molar-refractivity contribution is 5.91. The van der Waals surface area contributed by atoms with E-state index < -0.39 is 19.4 Å². The van der Waals surface area contributed by atoms with Crippen LogP contribution in [-0.2, 0) is 7.05 Å². The van der Waals surface area contributed by atoms with E-state index in [4.69, 9.17) is 4.98 Å². The highest BCUT2D eigenvalue weighted by Crippen LogP contribution is 2.36. The lowest BCUT2D eigenvalue weighted by Gasteiger charge is -2.39. The molecule has 0 saturated carbocycles. The fourth-order valence-electron chi connectivity index (χ4n) is 5.08. The molecule has 2 bridgehead atoms. The van der Waals surface area contributed by atoms with Crippen molar-refractivity contribution in [1.29, 1.82) is 0 Å². The van der Waals surface area contributed by atoms with Crippen molar-refractivity contribution in [2.24, 2.45) is 7.05 Å². The smallest absolute Gasteiger partial charge is 0.318 e. The number of anilines is 1. The molecule has 2 aliphatic heterocycles. The van der Waals surface area contributed by atoms with Crippen LogP contribution in [0.5, 0.6) is 0 Å². The Bertz CT molecular complexity index is 1130. The molecule has 0 aliphatic carbocycles. The Morgan fingerprint density at radius 3 is 2.61 bits per heavy atom. The molecular weight excluding hydrogens is 428 g/mol. The van der Waals surface area contributed by atoms with Crippen LogP contribution < -0.4 is 10.6 Å². The molecule has 0 radical (unpaired) electrons. The number of aryl methyl sites for hydroxylation is 1. The normalized spacial score (nSPS) is 22.3. The van der Waals surface area contributed by atoms with Crippen molar-refractivity contribution in [3.63, 3.8) is 0 Å². The Labute approximate surface area is 190 Å². The van der Waals surface area contributed by atoms with Crippen LogP contribution in [0.3, 0.4) is 0 Å². The standard InChI is InChI=1S/C23H27F2N7O/c1-31-13-15(12-27-31)20-5-2-14-11-26-22(8-21(14)29-20)30-23(33)32-18-3-4-19(32)7-16(6-18)28-17(9-24)10-25/h2,5,8,11-13,16-19,28H,3-4,6-7,9-10H2,1H3,(H,26,30,33)/t16-,18+,19-. The number of nitrogens with zero attached hydrogens (tertiary/aromatic N) is 5. The number of carbonyl (C=O) groups is 1. The van der Waals surface area contributed by atoms with Gasteiger partial charge >= 0.3 is 6.03 Å². The number of alkyl halides is 2. The molecule has 5 rings (SSSR count). The maximum absolute atomic E-state index is 13.1. The summed E-state index contributed by atoms with van der Waals surface area (Å²) in [4.78, 5) is 24.1. The quantitative estimate of drug-likeness (QED) is 0.595. The molecule has 3 aromatic heterocycles. The van der Waals surface area contributed by atoms with E-state index in [1.165, 1.54) is 0 Å². The summed E-state index contributed by atoms with van der Waals surface area (Å²) in [6.07, 6.45) is 8.54. The average molecular weight is 456 g/mol. The molecule has 0 spiro atoms. The minimum atomic E-state index is -0.763. The summed E-state index contributed by atoms with van der Waals surface area (Å²) in [5.41, 5.74) is 2.44. The molecule has 2 aliphatic rings. The number of carbonyl (C=O) groups excluding carboxylic acids is 1. The summed E-state index contributed by atoms with van der Waals surface area (Å²) in [5, 5.41) is 11.1. The van der Waals surface area contributed by atoms with Gasteiger partial charge < -0.3 is 10.2 Å². The molecule has 0 aromatic carbocycles. The molecular formula is C23H27F2N7O. The van der Waals surface area contributed by atoms with Gasteiger partial charge in [-0.1, -0.05) is 0 Å². The number of fused-ring (bicyclic) bond motifs is 3. The monoisotopic (exact) mass is 455 g/mol. The highest BCUT2D eigenvalue weighted by atomic mass is 19.1. The molecule has 2 fully saturated rings. The Morgan fingerprint density at radius 2 is 1.94 bits per heavy atom. The number of hydrogen-bond acceptors (Lipinski definition) is 5. The minimum absolute atomic E-state index is 0.0249. The SMILES string of the molecule is Cn1cc(-c2ccc3cnc(NC(=O)N4[C@@H]5CC[C@H]4C[C@@H](NC(CF)CF)C5)cc3n2)cn1. The number of aromatic nitrogens is 4. The van der Waals surface area contributed by atoms with E-state index in [1.807, 2.05) is 30.3 Å². The number of rotatable bonds is 6. The van der Waals surface area contributed by atoms with Gasteiger partial charge in [0.2, 0.25) is 0 Å². The summed E-state index contributed by atoms with van der Waals surface area (Å²) in [6, 6.07) is 4.82. The molecule has 2 amide bonds. The van der Waals surface area contributed by atoms with E-state index in [0.717, 1.165) is 35.0 Å². The Kier molecular flexibility index (Phi) is 5.92. The number of pyridine rings is 2. The fraction of sp³-hybridized carbons (Fsp3) is 0.478. The van der Waals surface area contributed by atoms with Gasteiger partial charge in [-0.15, -0.1) is 0 Å². The molecule has 8 nitrogen and oxygen atoms in total. The van der Waals surface area contributed by atoms with Crippen LogP contribution in [-0.4, -0.2) is 68.2 Å². The molecule has 2 N–H and O–H groups in total. The molecule has 0 unspecified atom stereocenters. The van der Waals surface area contributed by atoms with Gasteiger partial charge in [0.25, 0.3) is 0 Å². The summed E-state index contributed by atoms with van der Waals surface area (Å²) < 4.78 is 27.5. The number of hydrogen-bond donors (Lipinski definition) is 2. The molecule has 3 aromatic rings. The molecule has 2 saturated heterocycles. The molecule has 10 heteroatoms. The van der Waals surface area contributed by atoms with Gasteiger partial charge in [0.05, 0.1) is 23.4 Å². The average Bonchev–Trinajstić information content (AvgIpc) is 3.37. The third-order valence-electron chi connectivity index (χ3n) is 6.62. The van der Waals surface area contributed by atoms with Crippen LogP contribution in [0.2, 0.25) is 0 Å². The van der Waals surface area contributed by atoms with E-state index in [-0.39, 0.29) is 24.2 Å². The minimum Gasteiger partial charge on any atom is -0.318 e. The number of amides is 2. The summed E-state index contributed by atoms with van der Waals surface area (Å²) >= 11 is 0. The van der Waals surface area contributed by atoms with Crippen LogP contribution in [0.4, 0.5) is 19.4 Å². The van der Waals surface area contributed by atoms with Crippen LogP contribution in [0.1, 0.15) is 25.7 Å². The Hall–Kier alpha value is -3.14. The van der Waals surface area contributed by atoms with Crippen LogP contribution in [0.25, 0.3) is 22.2 Å². The van der Waals surface area contributed by atoms with E-state index >= 15 is 0 Å². The summed E-state index contributed by atoms with van der Waals surface area (Å²) in [6.45, 7) is -1.45. The predicted octanol–water partition coefficient (Wildman–Crippen LogP) is 3.45. The number of piperidine rings is 1. The van der Waals surface area contributed by atoms with Gasteiger partial charge in [-0.3, -0.25) is 10.00 Å². The van der Waals surface area contributed by atoms with E-state index in [2.05, 4.69) is 20.7 Å². The fourth-order valence-corrected chi connectivity index (χ4v) is 5.08. The second-order valence-corrected chi connectivity index (χ2v) is 8.92. The van der Waals surface area contributed by atoms with E-state index in [0.29, 0.717) is 18.7 Å². The second kappa shape index (κ2) is 9.01.